The fourth-order valence-electron chi connectivity index (χ4n) is 3.29. The van der Waals surface area contributed by atoms with Crippen molar-refractivity contribution in [2.75, 3.05) is 11.9 Å². The summed E-state index contributed by atoms with van der Waals surface area (Å²) >= 11 is 0. The van der Waals surface area contributed by atoms with Gasteiger partial charge in [-0.15, -0.1) is 0 Å². The van der Waals surface area contributed by atoms with Crippen LogP contribution in [0.25, 0.3) is 28.5 Å². The van der Waals surface area contributed by atoms with Gasteiger partial charge < -0.3 is 15.0 Å². The second kappa shape index (κ2) is 8.66. The van der Waals surface area contributed by atoms with Gasteiger partial charge in [-0.25, -0.2) is 4.98 Å². The van der Waals surface area contributed by atoms with Crippen LogP contribution >= 0.6 is 0 Å². The predicted molar refractivity (Wildman–Crippen MR) is 122 cm³/mol. The number of aromatic nitrogens is 2. The number of imidazole rings is 1. The van der Waals surface area contributed by atoms with Crippen LogP contribution in [-0.4, -0.2) is 22.5 Å². The van der Waals surface area contributed by atoms with E-state index in [0.29, 0.717) is 12.3 Å². The van der Waals surface area contributed by atoms with Crippen molar-refractivity contribution in [2.45, 2.75) is 13.8 Å². The van der Waals surface area contributed by atoms with E-state index in [1.54, 1.807) is 6.08 Å². The van der Waals surface area contributed by atoms with Crippen LogP contribution in [0.4, 0.5) is 5.69 Å². The van der Waals surface area contributed by atoms with Crippen LogP contribution in [0.5, 0.6) is 5.75 Å². The average Bonchev–Trinajstić information content (AvgIpc) is 3.17. The summed E-state index contributed by atoms with van der Waals surface area (Å²) in [4.78, 5) is 20.6. The third-order valence-corrected chi connectivity index (χ3v) is 4.71. The molecule has 2 N–H and O–H groups in total. The van der Waals surface area contributed by atoms with E-state index < -0.39 is 0 Å². The Balaban J connectivity index is 1.57. The molecule has 0 saturated carbocycles. The van der Waals surface area contributed by atoms with Gasteiger partial charge in [-0.05, 0) is 55.8 Å². The lowest BCUT2D eigenvalue weighted by atomic mass is 10.1. The molecule has 30 heavy (non-hydrogen) atoms. The molecule has 4 aromatic rings. The molecule has 3 aromatic carbocycles. The van der Waals surface area contributed by atoms with Gasteiger partial charge in [0.1, 0.15) is 11.6 Å². The van der Waals surface area contributed by atoms with E-state index in [1.807, 2.05) is 74.5 Å². The van der Waals surface area contributed by atoms with Crippen molar-refractivity contribution < 1.29 is 9.53 Å². The molecule has 0 saturated heterocycles. The quantitative estimate of drug-likeness (QED) is 0.417. The molecule has 0 fully saturated rings. The van der Waals surface area contributed by atoms with Gasteiger partial charge in [0.2, 0.25) is 5.91 Å². The number of nitrogens with one attached hydrogen (secondary N) is 2. The summed E-state index contributed by atoms with van der Waals surface area (Å²) in [5, 5.41) is 2.96. The Morgan fingerprint density at radius 1 is 1.10 bits per heavy atom. The highest BCUT2D eigenvalue weighted by atomic mass is 16.5. The maximum absolute atomic E-state index is 12.6. The zero-order valence-corrected chi connectivity index (χ0v) is 17.0. The van der Waals surface area contributed by atoms with Crippen molar-refractivity contribution >= 4 is 28.7 Å². The van der Waals surface area contributed by atoms with Gasteiger partial charge >= 0.3 is 0 Å². The Hall–Kier alpha value is -3.86. The van der Waals surface area contributed by atoms with Gasteiger partial charge in [0.05, 0.1) is 23.3 Å². The second-order valence-electron chi connectivity index (χ2n) is 6.95. The molecule has 1 aromatic heterocycles. The number of H-pyrrole nitrogens is 1. The van der Waals surface area contributed by atoms with Crippen LogP contribution in [-0.2, 0) is 4.79 Å². The number of nitrogens with zero attached hydrogens (tertiary/aromatic N) is 1. The molecular formula is C25H23N3O2. The summed E-state index contributed by atoms with van der Waals surface area (Å²) in [7, 11) is 0. The van der Waals surface area contributed by atoms with E-state index in [0.717, 1.165) is 39.3 Å². The molecule has 1 amide bonds. The number of carbonyl (C=O) groups is 1. The Morgan fingerprint density at radius 3 is 2.77 bits per heavy atom. The molecule has 0 aliphatic heterocycles. The smallest absolute Gasteiger partial charge is 0.248 e. The molecule has 5 nitrogen and oxygen atoms in total. The van der Waals surface area contributed by atoms with Crippen LogP contribution in [0.3, 0.4) is 0 Å². The first kappa shape index (κ1) is 19.5. The first-order chi connectivity index (χ1) is 14.6. The molecule has 0 aliphatic carbocycles. The molecule has 0 spiro atoms. The number of amides is 1. The van der Waals surface area contributed by atoms with Crippen molar-refractivity contribution in [1.82, 2.24) is 9.97 Å². The first-order valence-corrected chi connectivity index (χ1v) is 9.90. The Kier molecular flexibility index (Phi) is 5.61. The summed E-state index contributed by atoms with van der Waals surface area (Å²) in [6.45, 7) is 4.55. The van der Waals surface area contributed by atoms with Crippen molar-refractivity contribution in [3.8, 4) is 17.1 Å². The van der Waals surface area contributed by atoms with E-state index in [1.165, 1.54) is 6.08 Å². The SMILES string of the molecule is CCOc1ccccc1/C=C/C(=O)Nc1ccccc1-c1nc2ccc(C)cc2[nH]1. The number of aryl methyl sites for hydroxylation is 1. The van der Waals surface area contributed by atoms with Crippen LogP contribution in [0.2, 0.25) is 0 Å². The first-order valence-electron chi connectivity index (χ1n) is 9.90. The predicted octanol–water partition coefficient (Wildman–Crippen LogP) is 5.59. The summed E-state index contributed by atoms with van der Waals surface area (Å²) < 4.78 is 5.61. The zero-order valence-electron chi connectivity index (χ0n) is 17.0. The number of rotatable bonds is 6. The van der Waals surface area contributed by atoms with Crippen LogP contribution in [0.15, 0.2) is 72.8 Å². The number of hydrogen-bond acceptors (Lipinski definition) is 3. The minimum Gasteiger partial charge on any atom is -0.493 e. The van der Waals surface area contributed by atoms with Crippen LogP contribution in [0.1, 0.15) is 18.1 Å². The normalized spacial score (nSPS) is 11.1. The van der Waals surface area contributed by atoms with E-state index >= 15 is 0 Å². The second-order valence-corrected chi connectivity index (χ2v) is 6.95. The summed E-state index contributed by atoms with van der Waals surface area (Å²) in [6, 6.07) is 21.3. The highest BCUT2D eigenvalue weighted by Gasteiger charge is 2.11. The van der Waals surface area contributed by atoms with Crippen molar-refractivity contribution in [1.29, 1.82) is 0 Å². The fourth-order valence-corrected chi connectivity index (χ4v) is 3.29. The lowest BCUT2D eigenvalue weighted by molar-refractivity contribution is -0.111. The van der Waals surface area contributed by atoms with Gasteiger partial charge in [-0.2, -0.15) is 0 Å². The highest BCUT2D eigenvalue weighted by molar-refractivity contribution is 6.04. The Bertz CT molecular complexity index is 1220. The molecule has 150 valence electrons. The van der Waals surface area contributed by atoms with Gasteiger partial charge in [-0.1, -0.05) is 36.4 Å². The Labute approximate surface area is 175 Å². The summed E-state index contributed by atoms with van der Waals surface area (Å²) in [5.74, 6) is 1.25. The van der Waals surface area contributed by atoms with Crippen LogP contribution < -0.4 is 10.1 Å². The van der Waals surface area contributed by atoms with E-state index in [4.69, 9.17) is 4.74 Å². The van der Waals surface area contributed by atoms with E-state index in [-0.39, 0.29) is 5.91 Å². The van der Waals surface area contributed by atoms with Gasteiger partial charge in [0.15, 0.2) is 0 Å². The number of aromatic amines is 1. The van der Waals surface area contributed by atoms with E-state index in [9.17, 15) is 4.79 Å². The monoisotopic (exact) mass is 397 g/mol. The molecule has 0 aliphatic rings. The summed E-state index contributed by atoms with van der Waals surface area (Å²) in [6.07, 6.45) is 3.27. The number of carbonyl (C=O) groups excluding carboxylic acids is 1. The highest BCUT2D eigenvalue weighted by Crippen LogP contribution is 2.28. The van der Waals surface area contributed by atoms with Crippen molar-refractivity contribution in [3.05, 3.63) is 83.9 Å². The number of fused-ring (bicyclic) bond motifs is 1. The van der Waals surface area contributed by atoms with Gasteiger partial charge in [0, 0.05) is 17.2 Å². The molecule has 0 atom stereocenters. The molecular weight excluding hydrogens is 374 g/mol. The topological polar surface area (TPSA) is 67.0 Å². The number of ether oxygens (including phenoxy) is 1. The minimum atomic E-state index is -0.222. The lowest BCUT2D eigenvalue weighted by Gasteiger charge is -2.08. The standard InChI is InChI=1S/C25H23N3O2/c1-3-30-23-11-7-4-8-18(23)13-15-24(29)26-20-10-6-5-9-19(20)25-27-21-14-12-17(2)16-22(21)28-25/h4-16H,3H2,1-2H3,(H,26,29)(H,27,28)/b15-13+. The third-order valence-electron chi connectivity index (χ3n) is 4.71. The number of para-hydroxylation sites is 2. The average molecular weight is 397 g/mol. The maximum atomic E-state index is 12.6. The molecule has 4 rings (SSSR count). The lowest BCUT2D eigenvalue weighted by Crippen LogP contribution is -2.09. The number of benzene rings is 3. The van der Waals surface area contributed by atoms with E-state index in [2.05, 4.69) is 21.4 Å². The molecule has 5 heteroatoms. The third kappa shape index (κ3) is 4.25. The maximum Gasteiger partial charge on any atom is 0.248 e. The largest absolute Gasteiger partial charge is 0.493 e. The van der Waals surface area contributed by atoms with Crippen LogP contribution in [0, 0.1) is 6.92 Å². The number of anilines is 1. The zero-order chi connectivity index (χ0) is 20.9. The molecule has 0 radical (unpaired) electrons. The van der Waals surface area contributed by atoms with Gasteiger partial charge in [0.25, 0.3) is 0 Å². The molecule has 0 bridgehead atoms. The van der Waals surface area contributed by atoms with Crippen molar-refractivity contribution in [2.24, 2.45) is 0 Å². The van der Waals surface area contributed by atoms with Gasteiger partial charge in [-0.3, -0.25) is 4.79 Å². The fraction of sp³-hybridized carbons (Fsp3) is 0.120. The van der Waals surface area contributed by atoms with Crippen molar-refractivity contribution in [3.63, 3.8) is 0 Å². The number of hydrogen-bond donors (Lipinski definition) is 2. The minimum absolute atomic E-state index is 0.222. The molecule has 1 heterocycles. The Morgan fingerprint density at radius 2 is 1.90 bits per heavy atom. The summed E-state index contributed by atoms with van der Waals surface area (Å²) in [5.41, 5.74) is 5.42. The molecule has 0 unspecified atom stereocenters.